The van der Waals surface area contributed by atoms with Crippen LogP contribution in [0.3, 0.4) is 0 Å². The smallest absolute Gasteiger partial charge is 0.101 e. The molecule has 1 atom stereocenters. The highest BCUT2D eigenvalue weighted by Crippen LogP contribution is 2.23. The summed E-state index contributed by atoms with van der Waals surface area (Å²) in [6.45, 7) is 0. The molecule has 0 aliphatic heterocycles. The van der Waals surface area contributed by atoms with Gasteiger partial charge in [0.2, 0.25) is 0 Å². The molecule has 0 radical (unpaired) electrons. The number of nitriles is 3. The molecule has 0 saturated carbocycles. The van der Waals surface area contributed by atoms with Gasteiger partial charge >= 0.3 is 0 Å². The van der Waals surface area contributed by atoms with Crippen LogP contribution in [0.1, 0.15) is 29.2 Å². The molecule has 21 heavy (non-hydrogen) atoms. The lowest BCUT2D eigenvalue weighted by molar-refractivity contribution is 0.806. The molecule has 0 amide bonds. The summed E-state index contributed by atoms with van der Waals surface area (Å²) in [6, 6.07) is 20.6. The number of hydrogen-bond donors (Lipinski definition) is 1. The van der Waals surface area contributed by atoms with Crippen LogP contribution in [0.5, 0.6) is 0 Å². The third-order valence-electron chi connectivity index (χ3n) is 3.10. The van der Waals surface area contributed by atoms with E-state index in [1.54, 1.807) is 18.2 Å². The van der Waals surface area contributed by atoms with Crippen molar-refractivity contribution in [2.75, 3.05) is 5.32 Å². The third-order valence-corrected chi connectivity index (χ3v) is 3.10. The molecular weight excluding hydrogens is 260 g/mol. The zero-order chi connectivity index (χ0) is 15.1. The van der Waals surface area contributed by atoms with Crippen molar-refractivity contribution in [3.8, 4) is 18.2 Å². The van der Waals surface area contributed by atoms with E-state index >= 15 is 0 Å². The Balaban J connectivity index is 2.29. The van der Waals surface area contributed by atoms with E-state index < -0.39 is 0 Å². The van der Waals surface area contributed by atoms with E-state index in [1.165, 1.54) is 0 Å². The zero-order valence-corrected chi connectivity index (χ0v) is 11.2. The van der Waals surface area contributed by atoms with Gasteiger partial charge in [-0.25, -0.2) is 0 Å². The zero-order valence-electron chi connectivity index (χ0n) is 11.2. The van der Waals surface area contributed by atoms with E-state index in [1.807, 2.05) is 42.5 Å². The quantitative estimate of drug-likeness (QED) is 0.923. The minimum Gasteiger partial charge on any atom is -0.377 e. The van der Waals surface area contributed by atoms with Crippen LogP contribution in [0.2, 0.25) is 0 Å². The van der Waals surface area contributed by atoms with Crippen LogP contribution in [0.25, 0.3) is 0 Å². The number of benzene rings is 2. The predicted molar refractivity (Wildman–Crippen MR) is 78.9 cm³/mol. The molecule has 0 bridgehead atoms. The summed E-state index contributed by atoms with van der Waals surface area (Å²) in [4.78, 5) is 0. The Kier molecular flexibility index (Phi) is 4.54. The number of anilines is 1. The molecule has 0 spiro atoms. The van der Waals surface area contributed by atoms with E-state index in [0.717, 1.165) is 11.3 Å². The summed E-state index contributed by atoms with van der Waals surface area (Å²) in [5.41, 5.74) is 2.39. The average molecular weight is 272 g/mol. The Labute approximate surface area is 123 Å². The molecule has 0 heterocycles. The standard InChI is InChI=1S/C17H12N4/c18-9-8-17(13-4-2-1-3-5-13)21-16-7-6-14(11-19)15(10-16)12-20/h1-7,10,17,21H,8H2. The highest BCUT2D eigenvalue weighted by atomic mass is 14.9. The normalized spacial score (nSPS) is 10.7. The SMILES string of the molecule is N#CCC(Nc1ccc(C#N)c(C#N)c1)c1ccccc1. The lowest BCUT2D eigenvalue weighted by Crippen LogP contribution is -2.10. The van der Waals surface area contributed by atoms with Gasteiger partial charge in [-0.15, -0.1) is 0 Å². The Morgan fingerprint density at radius 3 is 2.24 bits per heavy atom. The Hall–Kier alpha value is -3.29. The first-order valence-electron chi connectivity index (χ1n) is 6.41. The van der Waals surface area contributed by atoms with Crippen LogP contribution in [0.15, 0.2) is 48.5 Å². The lowest BCUT2D eigenvalue weighted by atomic mass is 10.0. The summed E-state index contributed by atoms with van der Waals surface area (Å²) in [5, 5.41) is 30.2. The van der Waals surface area contributed by atoms with Crippen LogP contribution < -0.4 is 5.32 Å². The highest BCUT2D eigenvalue weighted by molar-refractivity contribution is 5.57. The highest BCUT2D eigenvalue weighted by Gasteiger charge is 2.11. The van der Waals surface area contributed by atoms with Gasteiger partial charge < -0.3 is 5.32 Å². The summed E-state index contributed by atoms with van der Waals surface area (Å²) in [5.74, 6) is 0. The molecule has 2 rings (SSSR count). The second kappa shape index (κ2) is 6.75. The van der Waals surface area contributed by atoms with Gasteiger partial charge in [0, 0.05) is 5.69 Å². The van der Waals surface area contributed by atoms with Gasteiger partial charge in [-0.2, -0.15) is 15.8 Å². The fourth-order valence-corrected chi connectivity index (χ4v) is 2.05. The molecule has 4 heteroatoms. The fraction of sp³-hybridized carbons (Fsp3) is 0.118. The molecule has 2 aromatic rings. The lowest BCUT2D eigenvalue weighted by Gasteiger charge is -2.18. The maximum absolute atomic E-state index is 9.05. The van der Waals surface area contributed by atoms with Gasteiger partial charge in [0.25, 0.3) is 0 Å². The van der Waals surface area contributed by atoms with Crippen molar-refractivity contribution in [3.05, 3.63) is 65.2 Å². The van der Waals surface area contributed by atoms with Crippen LogP contribution in [0.4, 0.5) is 5.69 Å². The van der Waals surface area contributed by atoms with Crippen molar-refractivity contribution in [2.45, 2.75) is 12.5 Å². The van der Waals surface area contributed by atoms with Gasteiger partial charge in [-0.3, -0.25) is 0 Å². The predicted octanol–water partition coefficient (Wildman–Crippen LogP) is 3.50. The molecule has 100 valence electrons. The molecule has 0 saturated heterocycles. The third kappa shape index (κ3) is 3.38. The summed E-state index contributed by atoms with van der Waals surface area (Å²) in [6.07, 6.45) is 0.311. The second-order valence-corrected chi connectivity index (χ2v) is 4.45. The van der Waals surface area contributed by atoms with Crippen LogP contribution in [-0.2, 0) is 0 Å². The number of nitrogens with zero attached hydrogens (tertiary/aromatic N) is 3. The molecule has 0 aromatic heterocycles. The van der Waals surface area contributed by atoms with Crippen molar-refractivity contribution in [1.29, 1.82) is 15.8 Å². The van der Waals surface area contributed by atoms with E-state index in [2.05, 4.69) is 11.4 Å². The monoisotopic (exact) mass is 272 g/mol. The number of nitrogens with one attached hydrogen (secondary N) is 1. The molecule has 0 aliphatic carbocycles. The largest absolute Gasteiger partial charge is 0.377 e. The van der Waals surface area contributed by atoms with E-state index in [-0.39, 0.29) is 6.04 Å². The minimum atomic E-state index is -0.157. The first kappa shape index (κ1) is 14.1. The summed E-state index contributed by atoms with van der Waals surface area (Å²) < 4.78 is 0. The number of hydrogen-bond acceptors (Lipinski definition) is 4. The van der Waals surface area contributed by atoms with Crippen molar-refractivity contribution >= 4 is 5.69 Å². The van der Waals surface area contributed by atoms with E-state index in [4.69, 9.17) is 15.8 Å². The van der Waals surface area contributed by atoms with Crippen LogP contribution in [-0.4, -0.2) is 0 Å². The average Bonchev–Trinajstić information content (AvgIpc) is 2.55. The molecule has 0 fully saturated rings. The number of rotatable bonds is 4. The van der Waals surface area contributed by atoms with Crippen molar-refractivity contribution in [1.82, 2.24) is 0 Å². The molecule has 4 nitrogen and oxygen atoms in total. The Morgan fingerprint density at radius 1 is 0.905 bits per heavy atom. The van der Waals surface area contributed by atoms with Gasteiger partial charge in [-0.1, -0.05) is 30.3 Å². The van der Waals surface area contributed by atoms with Gasteiger partial charge in [0.05, 0.1) is 29.7 Å². The van der Waals surface area contributed by atoms with Crippen LogP contribution >= 0.6 is 0 Å². The van der Waals surface area contributed by atoms with Gasteiger partial charge in [-0.05, 0) is 23.8 Å². The molecule has 1 N–H and O–H groups in total. The van der Waals surface area contributed by atoms with Gasteiger partial charge in [0.1, 0.15) is 12.1 Å². The maximum atomic E-state index is 9.05. The van der Waals surface area contributed by atoms with Crippen molar-refractivity contribution in [3.63, 3.8) is 0 Å². The Morgan fingerprint density at radius 2 is 1.62 bits per heavy atom. The van der Waals surface area contributed by atoms with E-state index in [0.29, 0.717) is 17.5 Å². The van der Waals surface area contributed by atoms with Gasteiger partial charge in [0.15, 0.2) is 0 Å². The first-order valence-corrected chi connectivity index (χ1v) is 6.41. The minimum absolute atomic E-state index is 0.157. The maximum Gasteiger partial charge on any atom is 0.101 e. The fourth-order valence-electron chi connectivity index (χ4n) is 2.05. The van der Waals surface area contributed by atoms with Crippen LogP contribution in [0, 0.1) is 34.0 Å². The molecule has 0 aliphatic rings. The summed E-state index contributed by atoms with van der Waals surface area (Å²) >= 11 is 0. The van der Waals surface area contributed by atoms with Crippen molar-refractivity contribution < 1.29 is 0 Å². The topological polar surface area (TPSA) is 83.4 Å². The second-order valence-electron chi connectivity index (χ2n) is 4.45. The molecule has 2 aromatic carbocycles. The van der Waals surface area contributed by atoms with E-state index in [9.17, 15) is 0 Å². The van der Waals surface area contributed by atoms with Crippen molar-refractivity contribution in [2.24, 2.45) is 0 Å². The Bertz CT molecular complexity index is 745. The summed E-state index contributed by atoms with van der Waals surface area (Å²) in [7, 11) is 0. The molecular formula is C17H12N4. The molecule has 1 unspecified atom stereocenters. The first-order chi connectivity index (χ1) is 10.3.